The summed E-state index contributed by atoms with van der Waals surface area (Å²) in [6.07, 6.45) is 1.77. The minimum atomic E-state index is -2.27. The molecule has 6 aromatic carbocycles. The van der Waals surface area contributed by atoms with Crippen molar-refractivity contribution in [2.45, 2.75) is 11.8 Å². The van der Waals surface area contributed by atoms with Crippen LogP contribution in [0.1, 0.15) is 23.0 Å². The lowest BCUT2D eigenvalue weighted by Crippen LogP contribution is -2.49. The zero-order chi connectivity index (χ0) is 34.6. The highest BCUT2D eigenvalue weighted by molar-refractivity contribution is 8.22. The van der Waals surface area contributed by atoms with Gasteiger partial charge in [0.1, 0.15) is 11.5 Å². The van der Waals surface area contributed by atoms with Crippen molar-refractivity contribution < 1.29 is 9.47 Å². The maximum Gasteiger partial charge on any atom is 0.122 e. The number of hydrogen-bond acceptors (Lipinski definition) is 4. The van der Waals surface area contributed by atoms with E-state index in [4.69, 9.17) is 33.1 Å². The minimum absolute atomic E-state index is 0.150. The first kappa shape index (κ1) is 34.7. The zero-order valence-corrected chi connectivity index (χ0v) is 31.8. The topological polar surface area (TPSA) is 18.5 Å². The van der Waals surface area contributed by atoms with Crippen LogP contribution in [0.4, 0.5) is 0 Å². The predicted octanol–water partition coefficient (Wildman–Crippen LogP) is 9.08. The smallest absolute Gasteiger partial charge is 0.122 e. The van der Waals surface area contributed by atoms with Crippen molar-refractivity contribution >= 4 is 56.9 Å². The molecule has 0 spiro atoms. The van der Waals surface area contributed by atoms with Crippen molar-refractivity contribution in [3.63, 3.8) is 0 Å². The molecule has 6 aromatic rings. The van der Waals surface area contributed by atoms with Crippen molar-refractivity contribution in [2.24, 2.45) is 11.8 Å². The van der Waals surface area contributed by atoms with E-state index in [1.165, 1.54) is 32.3 Å². The number of rotatable bonds is 12. The summed E-state index contributed by atoms with van der Waals surface area (Å²) < 4.78 is 12.2. The molecule has 7 rings (SSSR count). The van der Waals surface area contributed by atoms with E-state index in [1.54, 1.807) is 14.2 Å². The van der Waals surface area contributed by atoms with Crippen LogP contribution in [0.3, 0.4) is 0 Å². The van der Waals surface area contributed by atoms with E-state index in [0.29, 0.717) is 0 Å². The van der Waals surface area contributed by atoms with E-state index < -0.39 is 12.1 Å². The molecule has 2 nitrogen and oxygen atoms in total. The van der Waals surface area contributed by atoms with E-state index in [-0.39, 0.29) is 23.7 Å². The van der Waals surface area contributed by atoms with Crippen LogP contribution in [0.15, 0.2) is 170 Å². The fraction of sp³-hybridized carbons (Fsp3) is 0.182. The van der Waals surface area contributed by atoms with Crippen LogP contribution in [-0.4, -0.2) is 26.5 Å². The molecule has 1 aliphatic rings. The van der Waals surface area contributed by atoms with E-state index in [9.17, 15) is 0 Å². The Bertz CT molecular complexity index is 1880. The van der Waals surface area contributed by atoms with Crippen LogP contribution in [0.5, 0.6) is 11.5 Å². The normalized spacial score (nSPS) is 18.9. The van der Waals surface area contributed by atoms with Crippen LogP contribution in [0.25, 0.3) is 0 Å². The standard InChI is InChI=1S/C44H42O2P2S2/c1-45-41-29-17-15-27-37(41)43-39(31-47(49,33-19-7-3-8-20-33)34-21-9-4-10-22-34)40(44(43)38-28-16-18-30-42(38)46-2)32-48(50,35-23-11-5-12-24-35)36-25-13-6-14-26-36/h3-30,39-40,43-44H,31-32H2,1-2H3/t39-,40-,43-,44-/m1/s1. The molecule has 0 heterocycles. The van der Waals surface area contributed by atoms with Crippen molar-refractivity contribution in [2.75, 3.05) is 26.5 Å². The summed E-state index contributed by atoms with van der Waals surface area (Å²) in [5.74, 6) is 2.61. The van der Waals surface area contributed by atoms with Gasteiger partial charge in [0.05, 0.1) is 14.2 Å². The molecule has 0 radical (unpaired) electrons. The second-order valence-electron chi connectivity index (χ2n) is 13.0. The van der Waals surface area contributed by atoms with Gasteiger partial charge in [0.15, 0.2) is 0 Å². The lowest BCUT2D eigenvalue weighted by molar-refractivity contribution is 0.125. The van der Waals surface area contributed by atoms with Crippen molar-refractivity contribution in [1.29, 1.82) is 0 Å². The van der Waals surface area contributed by atoms with E-state index in [2.05, 4.69) is 170 Å². The molecule has 50 heavy (non-hydrogen) atoms. The summed E-state index contributed by atoms with van der Waals surface area (Å²) in [5.41, 5.74) is 2.45. The van der Waals surface area contributed by atoms with Gasteiger partial charge in [-0.25, -0.2) is 0 Å². The van der Waals surface area contributed by atoms with Crippen molar-refractivity contribution in [3.8, 4) is 11.5 Å². The molecule has 252 valence electrons. The van der Waals surface area contributed by atoms with Gasteiger partial charge in [-0.15, -0.1) is 0 Å². The van der Waals surface area contributed by atoms with Gasteiger partial charge in [-0.05, 0) is 80.5 Å². The van der Waals surface area contributed by atoms with Gasteiger partial charge in [0.25, 0.3) is 0 Å². The van der Waals surface area contributed by atoms with Crippen molar-refractivity contribution in [1.82, 2.24) is 0 Å². The van der Waals surface area contributed by atoms with Gasteiger partial charge in [-0.3, -0.25) is 0 Å². The number of methoxy groups -OCH3 is 2. The monoisotopic (exact) mass is 728 g/mol. The molecule has 0 aliphatic heterocycles. The van der Waals surface area contributed by atoms with Gasteiger partial charge in [0.2, 0.25) is 0 Å². The summed E-state index contributed by atoms with van der Waals surface area (Å²) in [5, 5.41) is 5.02. The lowest BCUT2D eigenvalue weighted by Gasteiger charge is -2.56. The van der Waals surface area contributed by atoms with Crippen molar-refractivity contribution in [3.05, 3.63) is 181 Å². The Hall–Kier alpha value is -3.78. The fourth-order valence-corrected chi connectivity index (χ4v) is 16.9. The molecule has 0 bridgehead atoms. The number of hydrogen-bond donors (Lipinski definition) is 0. The van der Waals surface area contributed by atoms with Gasteiger partial charge in [-0.2, -0.15) is 0 Å². The second-order valence-corrected chi connectivity index (χ2v) is 22.5. The predicted molar refractivity (Wildman–Crippen MR) is 221 cm³/mol. The molecule has 0 N–H and O–H groups in total. The molecular weight excluding hydrogens is 687 g/mol. The highest BCUT2D eigenvalue weighted by Crippen LogP contribution is 2.67. The number of para-hydroxylation sites is 2. The van der Waals surface area contributed by atoms with E-state index in [1.807, 2.05) is 0 Å². The van der Waals surface area contributed by atoms with Gasteiger partial charge in [-0.1, -0.05) is 181 Å². The maximum atomic E-state index is 7.00. The molecule has 0 aromatic heterocycles. The molecular formula is C44H42O2P2S2. The largest absolute Gasteiger partial charge is 0.496 e. The quantitative estimate of drug-likeness (QED) is 0.117. The molecule has 0 saturated heterocycles. The first-order chi connectivity index (χ1) is 24.5. The average Bonchev–Trinajstić information content (AvgIpc) is 3.19. The second kappa shape index (κ2) is 15.2. The third-order valence-electron chi connectivity index (χ3n) is 10.5. The highest BCUT2D eigenvalue weighted by atomic mass is 32.4. The molecule has 1 saturated carbocycles. The molecule has 6 heteroatoms. The van der Waals surface area contributed by atoms with Gasteiger partial charge >= 0.3 is 0 Å². The summed E-state index contributed by atoms with van der Waals surface area (Å²) >= 11 is 14.0. The SMILES string of the molecule is COc1ccccc1[C@@H]1[C@H](CP(=S)(c2ccccc2)c2ccccc2)[C@@H](CP(=S)(c2ccccc2)c2ccccc2)[C@H]1c1ccccc1OC. The first-order valence-corrected chi connectivity index (χ1v) is 23.1. The highest BCUT2D eigenvalue weighted by Gasteiger charge is 2.55. The number of ether oxygens (including phenoxy) is 2. The molecule has 0 unspecified atom stereocenters. The summed E-state index contributed by atoms with van der Waals surface area (Å²) in [7, 11) is 3.57. The van der Waals surface area contributed by atoms with Gasteiger partial charge in [0, 0.05) is 12.1 Å². The first-order valence-electron chi connectivity index (χ1n) is 17.1. The Balaban J connectivity index is 1.46. The van der Waals surface area contributed by atoms with Crippen LogP contribution in [-0.2, 0) is 23.6 Å². The Morgan fingerprint density at radius 3 is 0.940 bits per heavy atom. The van der Waals surface area contributed by atoms with Gasteiger partial charge < -0.3 is 9.47 Å². The minimum Gasteiger partial charge on any atom is -0.496 e. The third kappa shape index (κ3) is 6.56. The third-order valence-corrected chi connectivity index (χ3v) is 20.3. The molecule has 0 amide bonds. The Morgan fingerprint density at radius 2 is 0.660 bits per heavy atom. The average molecular weight is 729 g/mol. The summed E-state index contributed by atoms with van der Waals surface area (Å²) in [4.78, 5) is 0. The van der Waals surface area contributed by atoms with Crippen LogP contribution < -0.4 is 30.7 Å². The molecule has 4 atom stereocenters. The van der Waals surface area contributed by atoms with Crippen LogP contribution >= 0.6 is 12.1 Å². The summed E-state index contributed by atoms with van der Waals surface area (Å²) in [6.45, 7) is 0. The summed E-state index contributed by atoms with van der Waals surface area (Å²) in [6, 6.07) is 56.0. The Labute approximate surface area is 307 Å². The lowest BCUT2D eigenvalue weighted by atomic mass is 9.53. The van der Waals surface area contributed by atoms with E-state index >= 15 is 0 Å². The Morgan fingerprint density at radius 1 is 0.400 bits per heavy atom. The Kier molecular flexibility index (Phi) is 10.6. The van der Waals surface area contributed by atoms with Crippen LogP contribution in [0, 0.1) is 11.8 Å². The van der Waals surface area contributed by atoms with E-state index in [0.717, 1.165) is 23.8 Å². The molecule has 1 aliphatic carbocycles. The molecule has 1 fully saturated rings. The zero-order valence-electron chi connectivity index (χ0n) is 28.4. The fourth-order valence-electron chi connectivity index (χ4n) is 8.14. The van der Waals surface area contributed by atoms with Crippen LogP contribution in [0.2, 0.25) is 0 Å². The maximum absolute atomic E-state index is 7.00. The number of benzene rings is 6.